The number of aromatic amines is 1. The smallest absolute Gasteiger partial charge is 0.260 e. The van der Waals surface area contributed by atoms with Crippen molar-refractivity contribution in [3.8, 4) is 0 Å². The van der Waals surface area contributed by atoms with E-state index in [1.54, 1.807) is 7.11 Å². The van der Waals surface area contributed by atoms with E-state index in [2.05, 4.69) is 20.2 Å². The van der Waals surface area contributed by atoms with Gasteiger partial charge >= 0.3 is 0 Å². The molecule has 1 rings (SSSR count). The molecule has 0 fully saturated rings. The summed E-state index contributed by atoms with van der Waals surface area (Å²) in [6, 6.07) is 0.273. The van der Waals surface area contributed by atoms with Crippen molar-refractivity contribution in [2.75, 3.05) is 20.3 Å². The fourth-order valence-electron chi connectivity index (χ4n) is 1.66. The summed E-state index contributed by atoms with van der Waals surface area (Å²) in [4.78, 5) is 0. The lowest BCUT2D eigenvalue weighted by atomic mass is 10.2. The van der Waals surface area contributed by atoms with E-state index in [0.29, 0.717) is 31.7 Å². The first-order valence-electron chi connectivity index (χ1n) is 6.64. The number of hydrogen-bond donors (Lipinski definition) is 3. The zero-order valence-electron chi connectivity index (χ0n) is 12.5. The fourth-order valence-corrected chi connectivity index (χ4v) is 2.92. The molecule has 1 aromatic rings. The Labute approximate surface area is 120 Å². The summed E-state index contributed by atoms with van der Waals surface area (Å²) in [5.41, 5.74) is 1.44. The van der Waals surface area contributed by atoms with Gasteiger partial charge in [-0.25, -0.2) is 13.1 Å². The Morgan fingerprint density at radius 1 is 1.40 bits per heavy atom. The van der Waals surface area contributed by atoms with Gasteiger partial charge in [0.15, 0.2) is 5.03 Å². The van der Waals surface area contributed by atoms with E-state index in [4.69, 9.17) is 4.74 Å². The van der Waals surface area contributed by atoms with Gasteiger partial charge in [-0.2, -0.15) is 5.10 Å². The van der Waals surface area contributed by atoms with E-state index in [1.165, 1.54) is 0 Å². The zero-order valence-corrected chi connectivity index (χ0v) is 13.3. The number of sulfonamides is 1. The highest BCUT2D eigenvalue weighted by molar-refractivity contribution is 7.89. The van der Waals surface area contributed by atoms with Gasteiger partial charge in [0.1, 0.15) is 0 Å². The fraction of sp³-hybridized carbons (Fsp3) is 0.750. The van der Waals surface area contributed by atoms with Crippen LogP contribution in [-0.2, 0) is 21.3 Å². The Morgan fingerprint density at radius 3 is 2.70 bits per heavy atom. The lowest BCUT2D eigenvalue weighted by Gasteiger charge is -2.10. The SMILES string of the molecule is COCCCNS(=O)(=O)c1n[nH]c(C)c1CNC(C)C. The predicted molar refractivity (Wildman–Crippen MR) is 77.0 cm³/mol. The maximum atomic E-state index is 12.2. The molecule has 0 saturated carbocycles. The normalized spacial score (nSPS) is 12.2. The van der Waals surface area contributed by atoms with Crippen LogP contribution in [0.5, 0.6) is 0 Å². The highest BCUT2D eigenvalue weighted by Crippen LogP contribution is 2.16. The van der Waals surface area contributed by atoms with Gasteiger partial charge < -0.3 is 10.1 Å². The number of nitrogens with zero attached hydrogens (tertiary/aromatic N) is 1. The molecular formula is C12H24N4O3S. The van der Waals surface area contributed by atoms with E-state index < -0.39 is 10.0 Å². The van der Waals surface area contributed by atoms with Crippen LogP contribution < -0.4 is 10.0 Å². The van der Waals surface area contributed by atoms with Crippen LogP contribution >= 0.6 is 0 Å². The largest absolute Gasteiger partial charge is 0.385 e. The first-order chi connectivity index (χ1) is 9.38. The van der Waals surface area contributed by atoms with Crippen LogP contribution in [0.3, 0.4) is 0 Å². The highest BCUT2D eigenvalue weighted by atomic mass is 32.2. The molecule has 3 N–H and O–H groups in total. The van der Waals surface area contributed by atoms with E-state index in [9.17, 15) is 8.42 Å². The molecule has 20 heavy (non-hydrogen) atoms. The summed E-state index contributed by atoms with van der Waals surface area (Å²) in [6.07, 6.45) is 0.624. The number of methoxy groups -OCH3 is 1. The molecule has 0 amide bonds. The Morgan fingerprint density at radius 2 is 2.10 bits per heavy atom. The standard InChI is InChI=1S/C12H24N4O3S/c1-9(2)13-8-11-10(3)15-16-12(11)20(17,18)14-6-5-7-19-4/h9,13-14H,5-8H2,1-4H3,(H,15,16). The Balaban J connectivity index is 2.78. The van der Waals surface area contributed by atoms with Crippen molar-refractivity contribution in [3.63, 3.8) is 0 Å². The van der Waals surface area contributed by atoms with Gasteiger partial charge in [0, 0.05) is 44.1 Å². The maximum Gasteiger partial charge on any atom is 0.260 e. The Kier molecular flexibility index (Phi) is 6.60. The number of ether oxygens (including phenoxy) is 1. The highest BCUT2D eigenvalue weighted by Gasteiger charge is 2.23. The van der Waals surface area contributed by atoms with Crippen molar-refractivity contribution >= 4 is 10.0 Å². The van der Waals surface area contributed by atoms with Crippen molar-refractivity contribution in [3.05, 3.63) is 11.3 Å². The van der Waals surface area contributed by atoms with Crippen LogP contribution in [0.4, 0.5) is 0 Å². The number of aryl methyl sites for hydroxylation is 1. The summed E-state index contributed by atoms with van der Waals surface area (Å²) < 4.78 is 31.8. The molecule has 0 unspecified atom stereocenters. The van der Waals surface area contributed by atoms with Gasteiger partial charge in [-0.1, -0.05) is 13.8 Å². The van der Waals surface area contributed by atoms with E-state index >= 15 is 0 Å². The molecule has 8 heteroatoms. The quantitative estimate of drug-likeness (QED) is 0.578. The molecular weight excluding hydrogens is 280 g/mol. The second kappa shape index (κ2) is 7.72. The molecule has 116 valence electrons. The van der Waals surface area contributed by atoms with Crippen molar-refractivity contribution in [1.29, 1.82) is 0 Å². The van der Waals surface area contributed by atoms with Crippen molar-refractivity contribution in [2.24, 2.45) is 0 Å². The van der Waals surface area contributed by atoms with Gasteiger partial charge in [-0.15, -0.1) is 0 Å². The van der Waals surface area contributed by atoms with E-state index in [0.717, 1.165) is 5.69 Å². The molecule has 0 radical (unpaired) electrons. The van der Waals surface area contributed by atoms with Crippen LogP contribution in [0.25, 0.3) is 0 Å². The van der Waals surface area contributed by atoms with E-state index in [1.807, 2.05) is 20.8 Å². The second-order valence-corrected chi connectivity index (χ2v) is 6.59. The average molecular weight is 304 g/mol. The topological polar surface area (TPSA) is 96.1 Å². The van der Waals surface area contributed by atoms with Crippen LogP contribution in [0.15, 0.2) is 5.03 Å². The van der Waals surface area contributed by atoms with Gasteiger partial charge in [0.25, 0.3) is 10.0 Å². The molecule has 0 bridgehead atoms. The average Bonchev–Trinajstić information content (AvgIpc) is 2.74. The minimum absolute atomic E-state index is 0.0700. The monoisotopic (exact) mass is 304 g/mol. The first-order valence-corrected chi connectivity index (χ1v) is 8.12. The molecule has 0 atom stereocenters. The predicted octanol–water partition coefficient (Wildman–Crippen LogP) is 0.531. The van der Waals surface area contributed by atoms with Crippen LogP contribution in [0, 0.1) is 6.92 Å². The van der Waals surface area contributed by atoms with Crippen molar-refractivity contribution < 1.29 is 13.2 Å². The zero-order chi connectivity index (χ0) is 15.2. The third kappa shape index (κ3) is 4.86. The summed E-state index contributed by atoms with van der Waals surface area (Å²) >= 11 is 0. The van der Waals surface area contributed by atoms with E-state index in [-0.39, 0.29) is 11.1 Å². The molecule has 0 saturated heterocycles. The molecule has 1 heterocycles. The van der Waals surface area contributed by atoms with Gasteiger partial charge in [0.2, 0.25) is 0 Å². The number of hydrogen-bond acceptors (Lipinski definition) is 5. The second-order valence-electron chi connectivity index (χ2n) is 4.91. The number of nitrogens with one attached hydrogen (secondary N) is 3. The minimum atomic E-state index is -3.59. The Bertz CT molecular complexity index is 511. The van der Waals surface area contributed by atoms with Crippen molar-refractivity contribution in [2.45, 2.75) is 44.8 Å². The summed E-state index contributed by atoms with van der Waals surface area (Å²) in [7, 11) is -2.00. The molecule has 0 aliphatic carbocycles. The van der Waals surface area contributed by atoms with Crippen molar-refractivity contribution in [1.82, 2.24) is 20.2 Å². The third-order valence-electron chi connectivity index (χ3n) is 2.79. The molecule has 7 nitrogen and oxygen atoms in total. The van der Waals surface area contributed by atoms with Gasteiger partial charge in [0.05, 0.1) is 0 Å². The summed E-state index contributed by atoms with van der Waals surface area (Å²) in [6.45, 7) is 7.14. The molecule has 0 aliphatic rings. The molecule has 0 spiro atoms. The lowest BCUT2D eigenvalue weighted by Crippen LogP contribution is -2.28. The van der Waals surface area contributed by atoms with Gasteiger partial charge in [-0.3, -0.25) is 5.10 Å². The lowest BCUT2D eigenvalue weighted by molar-refractivity contribution is 0.196. The van der Waals surface area contributed by atoms with Crippen LogP contribution in [-0.4, -0.2) is 44.9 Å². The third-order valence-corrected chi connectivity index (χ3v) is 4.23. The summed E-state index contributed by atoms with van der Waals surface area (Å²) in [5, 5.41) is 9.93. The van der Waals surface area contributed by atoms with Gasteiger partial charge in [-0.05, 0) is 13.3 Å². The Hall–Kier alpha value is -0.960. The molecule has 1 aromatic heterocycles. The number of rotatable bonds is 9. The van der Waals surface area contributed by atoms with Crippen LogP contribution in [0.1, 0.15) is 31.5 Å². The molecule has 0 aromatic carbocycles. The number of H-pyrrole nitrogens is 1. The molecule has 0 aliphatic heterocycles. The maximum absolute atomic E-state index is 12.2. The minimum Gasteiger partial charge on any atom is -0.385 e. The first kappa shape index (κ1) is 17.1. The number of aromatic nitrogens is 2. The van der Waals surface area contributed by atoms with Crippen LogP contribution in [0.2, 0.25) is 0 Å². The summed E-state index contributed by atoms with van der Waals surface area (Å²) in [5.74, 6) is 0.